The number of carbonyl (C=O) groups is 2. The van der Waals surface area contributed by atoms with E-state index in [0.717, 1.165) is 27.6 Å². The summed E-state index contributed by atoms with van der Waals surface area (Å²) in [5, 5.41) is 13.6. The normalized spacial score (nSPS) is 16.7. The van der Waals surface area contributed by atoms with E-state index in [-0.39, 0.29) is 17.3 Å². The molecular weight excluding hydrogens is 490 g/mol. The van der Waals surface area contributed by atoms with Gasteiger partial charge in [0.05, 0.1) is 25.3 Å². The average molecular weight is 522 g/mol. The number of benzene rings is 4. The fourth-order valence-electron chi connectivity index (χ4n) is 5.23. The van der Waals surface area contributed by atoms with Crippen molar-refractivity contribution in [2.45, 2.75) is 32.7 Å². The number of amides is 1. The second-order valence-electron chi connectivity index (χ2n) is 9.78. The van der Waals surface area contributed by atoms with Crippen molar-refractivity contribution in [1.82, 2.24) is 0 Å². The summed E-state index contributed by atoms with van der Waals surface area (Å²) in [7, 11) is 1.55. The van der Waals surface area contributed by atoms with Gasteiger partial charge in [-0.25, -0.2) is 0 Å². The Labute approximate surface area is 228 Å². The first-order chi connectivity index (χ1) is 18.8. The fraction of sp³-hybridized carbons (Fsp3) is 0.212. The Bertz CT molecular complexity index is 1600. The van der Waals surface area contributed by atoms with Crippen LogP contribution < -0.4 is 14.4 Å². The zero-order valence-corrected chi connectivity index (χ0v) is 22.5. The Kier molecular flexibility index (Phi) is 7.11. The maximum absolute atomic E-state index is 13.7. The summed E-state index contributed by atoms with van der Waals surface area (Å²) in [6.45, 7) is 6.51. The maximum atomic E-state index is 13.7. The largest absolute Gasteiger partial charge is 0.507 e. The fourth-order valence-corrected chi connectivity index (χ4v) is 5.23. The van der Waals surface area contributed by atoms with Gasteiger partial charge < -0.3 is 14.6 Å². The predicted molar refractivity (Wildman–Crippen MR) is 153 cm³/mol. The Morgan fingerprint density at radius 3 is 2.44 bits per heavy atom. The number of aliphatic hydroxyl groups is 1. The van der Waals surface area contributed by atoms with E-state index in [4.69, 9.17) is 9.47 Å². The van der Waals surface area contributed by atoms with Gasteiger partial charge in [-0.1, -0.05) is 62.4 Å². The van der Waals surface area contributed by atoms with Crippen molar-refractivity contribution in [2.75, 3.05) is 18.6 Å². The van der Waals surface area contributed by atoms with Gasteiger partial charge in [0.25, 0.3) is 11.7 Å². The number of rotatable bonds is 7. The van der Waals surface area contributed by atoms with Crippen molar-refractivity contribution in [2.24, 2.45) is 0 Å². The molecule has 5 rings (SSSR count). The van der Waals surface area contributed by atoms with E-state index < -0.39 is 17.7 Å². The van der Waals surface area contributed by atoms with Crippen LogP contribution in [0.15, 0.2) is 90.5 Å². The Balaban J connectivity index is 1.78. The molecule has 39 heavy (non-hydrogen) atoms. The second-order valence-corrected chi connectivity index (χ2v) is 9.78. The quantitative estimate of drug-likeness (QED) is 0.161. The van der Waals surface area contributed by atoms with Crippen LogP contribution in [0.1, 0.15) is 49.4 Å². The molecule has 1 N–H and O–H groups in total. The molecule has 1 aliphatic rings. The molecule has 6 heteroatoms. The van der Waals surface area contributed by atoms with Crippen molar-refractivity contribution < 1.29 is 24.2 Å². The van der Waals surface area contributed by atoms with Crippen LogP contribution in [0, 0.1) is 0 Å². The highest BCUT2D eigenvalue weighted by molar-refractivity contribution is 6.52. The number of Topliss-reactive ketones (excluding diaryl/α,β-unsaturated/α-hetero) is 1. The lowest BCUT2D eigenvalue weighted by molar-refractivity contribution is -0.132. The van der Waals surface area contributed by atoms with E-state index in [9.17, 15) is 14.7 Å². The standard InChI is InChI=1S/C33H31NO5/c1-5-39-28-17-16-22(18-27(28)20(2)3)31(35)29-30(26-15-8-11-21-10-6-7-14-25(21)26)34(33(37)32(29)36)23-12-9-13-24(19-23)38-4/h6-20,30,35H,5H2,1-4H3/b31-29+. The summed E-state index contributed by atoms with van der Waals surface area (Å²) >= 11 is 0. The van der Waals surface area contributed by atoms with Crippen LogP contribution in [0.4, 0.5) is 5.69 Å². The average Bonchev–Trinajstić information content (AvgIpc) is 3.22. The third-order valence-corrected chi connectivity index (χ3v) is 7.10. The summed E-state index contributed by atoms with van der Waals surface area (Å²) in [5.41, 5.74) is 2.65. The lowest BCUT2D eigenvalue weighted by Gasteiger charge is -2.27. The smallest absolute Gasteiger partial charge is 0.300 e. The van der Waals surface area contributed by atoms with Gasteiger partial charge in [0.1, 0.15) is 17.3 Å². The van der Waals surface area contributed by atoms with Gasteiger partial charge in [0.15, 0.2) is 0 Å². The van der Waals surface area contributed by atoms with Crippen LogP contribution in [0.5, 0.6) is 11.5 Å². The summed E-state index contributed by atoms with van der Waals surface area (Å²) in [4.78, 5) is 28.8. The molecule has 4 aromatic carbocycles. The number of carbonyl (C=O) groups excluding carboxylic acids is 2. The molecule has 0 spiro atoms. The molecule has 1 saturated heterocycles. The van der Waals surface area contributed by atoms with E-state index in [0.29, 0.717) is 23.6 Å². The molecule has 1 atom stereocenters. The first kappa shape index (κ1) is 26.0. The molecule has 1 heterocycles. The van der Waals surface area contributed by atoms with Gasteiger partial charge in [-0.15, -0.1) is 0 Å². The number of aliphatic hydroxyl groups excluding tert-OH is 1. The van der Waals surface area contributed by atoms with Crippen molar-refractivity contribution in [1.29, 1.82) is 0 Å². The molecule has 0 radical (unpaired) electrons. The molecule has 6 nitrogen and oxygen atoms in total. The summed E-state index contributed by atoms with van der Waals surface area (Å²) in [5.74, 6) is -0.273. The third kappa shape index (κ3) is 4.63. The second kappa shape index (κ2) is 10.7. The van der Waals surface area contributed by atoms with Crippen LogP contribution in [-0.4, -0.2) is 30.5 Å². The van der Waals surface area contributed by atoms with Gasteiger partial charge in [0, 0.05) is 17.3 Å². The number of anilines is 1. The van der Waals surface area contributed by atoms with Crippen LogP contribution >= 0.6 is 0 Å². The van der Waals surface area contributed by atoms with E-state index in [1.165, 1.54) is 4.90 Å². The molecule has 0 aromatic heterocycles. The highest BCUT2D eigenvalue weighted by atomic mass is 16.5. The van der Waals surface area contributed by atoms with Gasteiger partial charge in [0.2, 0.25) is 0 Å². The Morgan fingerprint density at radius 1 is 0.949 bits per heavy atom. The Morgan fingerprint density at radius 2 is 1.69 bits per heavy atom. The van der Waals surface area contributed by atoms with Crippen LogP contribution in [-0.2, 0) is 9.59 Å². The SMILES string of the molecule is CCOc1ccc(/C(O)=C2\C(=O)C(=O)N(c3cccc(OC)c3)C2c2cccc3ccccc23)cc1C(C)C. The number of ketones is 1. The number of fused-ring (bicyclic) bond motifs is 1. The molecule has 4 aromatic rings. The van der Waals surface area contributed by atoms with Gasteiger partial charge >= 0.3 is 0 Å². The highest BCUT2D eigenvalue weighted by Crippen LogP contribution is 2.45. The number of nitrogens with zero attached hydrogens (tertiary/aromatic N) is 1. The van der Waals surface area contributed by atoms with Gasteiger partial charge in [-0.2, -0.15) is 0 Å². The van der Waals surface area contributed by atoms with Crippen LogP contribution in [0.3, 0.4) is 0 Å². The number of hydrogen-bond acceptors (Lipinski definition) is 5. The van der Waals surface area contributed by atoms with Crippen molar-refractivity contribution in [3.63, 3.8) is 0 Å². The van der Waals surface area contributed by atoms with Crippen molar-refractivity contribution in [3.05, 3.63) is 107 Å². The van der Waals surface area contributed by atoms with Crippen LogP contribution in [0.2, 0.25) is 0 Å². The minimum absolute atomic E-state index is 0.0399. The predicted octanol–water partition coefficient (Wildman–Crippen LogP) is 7.00. The highest BCUT2D eigenvalue weighted by Gasteiger charge is 2.47. The number of ether oxygens (including phenoxy) is 2. The van der Waals surface area contributed by atoms with Crippen LogP contribution in [0.25, 0.3) is 16.5 Å². The molecule has 1 fully saturated rings. The van der Waals surface area contributed by atoms with Crippen molar-refractivity contribution in [3.8, 4) is 11.5 Å². The van der Waals surface area contributed by atoms with E-state index >= 15 is 0 Å². The molecule has 1 aliphatic heterocycles. The zero-order chi connectivity index (χ0) is 27.7. The van der Waals surface area contributed by atoms with E-state index in [2.05, 4.69) is 0 Å². The minimum atomic E-state index is -0.850. The third-order valence-electron chi connectivity index (χ3n) is 7.10. The summed E-state index contributed by atoms with van der Waals surface area (Å²) < 4.78 is 11.2. The molecular formula is C33H31NO5. The van der Waals surface area contributed by atoms with Gasteiger partial charge in [-0.3, -0.25) is 14.5 Å². The lowest BCUT2D eigenvalue weighted by Crippen LogP contribution is -2.29. The molecule has 1 amide bonds. The first-order valence-corrected chi connectivity index (χ1v) is 13.1. The molecule has 198 valence electrons. The first-order valence-electron chi connectivity index (χ1n) is 13.1. The molecule has 0 aliphatic carbocycles. The molecule has 0 bridgehead atoms. The molecule has 1 unspecified atom stereocenters. The summed E-state index contributed by atoms with van der Waals surface area (Å²) in [6.07, 6.45) is 0. The van der Waals surface area contributed by atoms with Crippen molar-refractivity contribution >= 4 is 33.9 Å². The minimum Gasteiger partial charge on any atom is -0.507 e. The molecule has 0 saturated carbocycles. The maximum Gasteiger partial charge on any atom is 0.300 e. The summed E-state index contributed by atoms with van der Waals surface area (Å²) in [6, 6.07) is 25.1. The lowest BCUT2D eigenvalue weighted by atomic mass is 9.90. The van der Waals surface area contributed by atoms with Gasteiger partial charge in [-0.05, 0) is 65.1 Å². The Hall–Kier alpha value is -4.58. The number of methoxy groups -OCH3 is 1. The van der Waals surface area contributed by atoms with E-state index in [1.54, 1.807) is 43.5 Å². The zero-order valence-electron chi connectivity index (χ0n) is 22.5. The van der Waals surface area contributed by atoms with E-state index in [1.807, 2.05) is 69.3 Å². The number of hydrogen-bond donors (Lipinski definition) is 1. The monoisotopic (exact) mass is 521 g/mol. The topological polar surface area (TPSA) is 76.1 Å².